The summed E-state index contributed by atoms with van der Waals surface area (Å²) in [5, 5.41) is 0. The van der Waals surface area contributed by atoms with Gasteiger partial charge in [-0.25, -0.2) is 0 Å². The van der Waals surface area contributed by atoms with Gasteiger partial charge in [0.05, 0.1) is 17.8 Å². The minimum Gasteiger partial charge on any atom is -0.462 e. The number of fused-ring (bicyclic) bond motifs is 2. The molecule has 4 saturated carbocycles. The van der Waals surface area contributed by atoms with E-state index in [1.807, 2.05) is 0 Å². The molecule has 6 aliphatic rings. The molecule has 11 atom stereocenters. The fraction of sp³-hybridized carbons (Fsp3) is 0.833. The molecule has 6 heteroatoms. The van der Waals surface area contributed by atoms with Crippen molar-refractivity contribution in [1.29, 1.82) is 0 Å². The van der Waals surface area contributed by atoms with E-state index < -0.39 is 0 Å². The molecule has 0 radical (unpaired) electrons. The van der Waals surface area contributed by atoms with E-state index in [0.29, 0.717) is 0 Å². The molecule has 2 saturated heterocycles. The Labute approximate surface area is 139 Å². The summed E-state index contributed by atoms with van der Waals surface area (Å²) in [7, 11) is 0. The van der Waals surface area contributed by atoms with Crippen LogP contribution in [0.25, 0.3) is 0 Å². The predicted octanol–water partition coefficient (Wildman–Crippen LogP) is 0.923. The summed E-state index contributed by atoms with van der Waals surface area (Å²) < 4.78 is 16.9. The van der Waals surface area contributed by atoms with Crippen molar-refractivity contribution in [2.75, 3.05) is 0 Å². The number of carbonyl (C=O) groups excluding carboxylic acids is 3. The number of rotatable bonds is 2. The molecule has 0 N–H and O–H groups in total. The maximum atomic E-state index is 12.9. The van der Waals surface area contributed by atoms with Gasteiger partial charge in [0.15, 0.2) is 0 Å². The fourth-order valence-electron chi connectivity index (χ4n) is 6.98. The lowest BCUT2D eigenvalue weighted by Crippen LogP contribution is -2.42. The molecule has 0 aromatic rings. The maximum Gasteiger partial charge on any atom is 0.310 e. The highest BCUT2D eigenvalue weighted by Gasteiger charge is 2.69. The van der Waals surface area contributed by atoms with Crippen LogP contribution in [0, 0.1) is 47.3 Å². The topological polar surface area (TPSA) is 78.9 Å². The van der Waals surface area contributed by atoms with Gasteiger partial charge in [0.1, 0.15) is 18.3 Å². The van der Waals surface area contributed by atoms with Gasteiger partial charge in [0, 0.05) is 17.8 Å². The van der Waals surface area contributed by atoms with Crippen LogP contribution in [0.15, 0.2) is 0 Å². The van der Waals surface area contributed by atoms with E-state index in [1.165, 1.54) is 0 Å². The zero-order valence-corrected chi connectivity index (χ0v) is 13.4. The van der Waals surface area contributed by atoms with Gasteiger partial charge in [-0.2, -0.15) is 0 Å². The van der Waals surface area contributed by atoms with Crippen molar-refractivity contribution in [3.05, 3.63) is 0 Å². The molecule has 4 bridgehead atoms. The Balaban J connectivity index is 1.25. The lowest BCUT2D eigenvalue weighted by molar-refractivity contribution is -0.170. The van der Waals surface area contributed by atoms with Crippen LogP contribution in [0.1, 0.15) is 26.2 Å². The van der Waals surface area contributed by atoms with Crippen molar-refractivity contribution >= 4 is 17.9 Å². The fourth-order valence-corrected chi connectivity index (χ4v) is 6.98. The van der Waals surface area contributed by atoms with Crippen LogP contribution in [-0.4, -0.2) is 36.2 Å². The minimum absolute atomic E-state index is 0.00409. The zero-order chi connectivity index (χ0) is 16.3. The first kappa shape index (κ1) is 13.7. The molecule has 24 heavy (non-hydrogen) atoms. The second-order valence-corrected chi connectivity index (χ2v) is 8.68. The third-order valence-corrected chi connectivity index (χ3v) is 7.93. The molecule has 0 aromatic heterocycles. The molecule has 2 heterocycles. The standard InChI is InChI=1S/C18H20O6/c1-5-7-4-10-12(18(21)22-13(5)10)11(7)17(20)23-14-6-2-8-9(3-6)16(19)24-15(8)14/h5-15H,2-4H2,1H3. The van der Waals surface area contributed by atoms with Crippen molar-refractivity contribution < 1.29 is 28.6 Å². The van der Waals surface area contributed by atoms with E-state index in [0.717, 1.165) is 19.3 Å². The Hall–Kier alpha value is -1.59. The van der Waals surface area contributed by atoms with Gasteiger partial charge >= 0.3 is 17.9 Å². The molecule has 4 aliphatic carbocycles. The van der Waals surface area contributed by atoms with Gasteiger partial charge in [-0.3, -0.25) is 14.4 Å². The van der Waals surface area contributed by atoms with Crippen molar-refractivity contribution in [3.8, 4) is 0 Å². The average Bonchev–Trinajstić information content (AvgIpc) is 3.30. The summed E-state index contributed by atoms with van der Waals surface area (Å²) in [6.07, 6.45) is 2.00. The van der Waals surface area contributed by atoms with Gasteiger partial charge in [-0.05, 0) is 31.1 Å². The molecule has 0 aromatic carbocycles. The largest absolute Gasteiger partial charge is 0.462 e. The first-order chi connectivity index (χ1) is 11.5. The lowest BCUT2D eigenvalue weighted by Gasteiger charge is -2.31. The van der Waals surface area contributed by atoms with Crippen molar-refractivity contribution in [3.63, 3.8) is 0 Å². The van der Waals surface area contributed by atoms with Crippen LogP contribution in [0.2, 0.25) is 0 Å². The molecule has 2 aliphatic heterocycles. The third kappa shape index (κ3) is 1.39. The van der Waals surface area contributed by atoms with E-state index >= 15 is 0 Å². The van der Waals surface area contributed by atoms with Crippen LogP contribution in [0.5, 0.6) is 0 Å². The highest BCUT2D eigenvalue weighted by molar-refractivity contribution is 5.86. The molecule has 6 fully saturated rings. The van der Waals surface area contributed by atoms with Crippen molar-refractivity contribution in [2.24, 2.45) is 47.3 Å². The summed E-state index contributed by atoms with van der Waals surface area (Å²) in [5.74, 6) is -0.240. The molecule has 6 rings (SSSR count). The molecule has 128 valence electrons. The van der Waals surface area contributed by atoms with Crippen molar-refractivity contribution in [1.82, 2.24) is 0 Å². The Bertz CT molecular complexity index is 672. The number of esters is 3. The molecule has 11 unspecified atom stereocenters. The Kier molecular flexibility index (Phi) is 2.36. The Morgan fingerprint density at radius 2 is 1.79 bits per heavy atom. The average molecular weight is 332 g/mol. The van der Waals surface area contributed by atoms with E-state index in [2.05, 4.69) is 6.92 Å². The summed E-state index contributed by atoms with van der Waals surface area (Å²) in [6, 6.07) is 0. The number of carbonyl (C=O) groups is 3. The molecular formula is C18H20O6. The van der Waals surface area contributed by atoms with Crippen molar-refractivity contribution in [2.45, 2.75) is 44.5 Å². The van der Waals surface area contributed by atoms with Crippen LogP contribution >= 0.6 is 0 Å². The summed E-state index contributed by atoms with van der Waals surface area (Å²) in [5.41, 5.74) is 0. The zero-order valence-electron chi connectivity index (χ0n) is 13.4. The van der Waals surface area contributed by atoms with Gasteiger partial charge < -0.3 is 14.2 Å². The number of ether oxygens (including phenoxy) is 3. The van der Waals surface area contributed by atoms with Crippen LogP contribution < -0.4 is 0 Å². The van der Waals surface area contributed by atoms with Gasteiger partial charge in [0.2, 0.25) is 0 Å². The first-order valence-electron chi connectivity index (χ1n) is 9.16. The van der Waals surface area contributed by atoms with E-state index in [4.69, 9.17) is 14.2 Å². The van der Waals surface area contributed by atoms with Gasteiger partial charge in [-0.1, -0.05) is 6.92 Å². The smallest absolute Gasteiger partial charge is 0.310 e. The third-order valence-electron chi connectivity index (χ3n) is 7.93. The maximum absolute atomic E-state index is 12.9. The summed E-state index contributed by atoms with van der Waals surface area (Å²) in [4.78, 5) is 37.0. The second-order valence-electron chi connectivity index (χ2n) is 8.68. The SMILES string of the molecule is CC1C2CC3C1OC(=O)C3C2C(=O)OC1C2CC3C(=O)OC1C3C2. The van der Waals surface area contributed by atoms with E-state index in [-0.39, 0.29) is 83.6 Å². The highest BCUT2D eigenvalue weighted by atomic mass is 16.6. The lowest BCUT2D eigenvalue weighted by atomic mass is 9.75. The minimum atomic E-state index is -0.372. The Morgan fingerprint density at radius 3 is 2.62 bits per heavy atom. The summed E-state index contributed by atoms with van der Waals surface area (Å²) in [6.45, 7) is 2.07. The number of hydrogen-bond donors (Lipinski definition) is 0. The normalized spacial score (nSPS) is 58.3. The quantitative estimate of drug-likeness (QED) is 0.553. The molecule has 0 amide bonds. The molecule has 0 spiro atoms. The molecule has 6 nitrogen and oxygen atoms in total. The van der Waals surface area contributed by atoms with Crippen LogP contribution in [0.3, 0.4) is 0 Å². The monoisotopic (exact) mass is 332 g/mol. The van der Waals surface area contributed by atoms with E-state index in [1.54, 1.807) is 0 Å². The summed E-state index contributed by atoms with van der Waals surface area (Å²) >= 11 is 0. The first-order valence-corrected chi connectivity index (χ1v) is 9.16. The van der Waals surface area contributed by atoms with Crippen LogP contribution in [-0.2, 0) is 28.6 Å². The number of hydrogen-bond acceptors (Lipinski definition) is 6. The second kappa shape index (κ2) is 4.14. The molecular weight excluding hydrogens is 312 g/mol. The van der Waals surface area contributed by atoms with Gasteiger partial charge in [-0.15, -0.1) is 0 Å². The highest BCUT2D eigenvalue weighted by Crippen LogP contribution is 2.61. The van der Waals surface area contributed by atoms with Gasteiger partial charge in [0.25, 0.3) is 0 Å². The van der Waals surface area contributed by atoms with Crippen LogP contribution in [0.4, 0.5) is 0 Å². The Morgan fingerprint density at radius 1 is 1.00 bits per heavy atom. The van der Waals surface area contributed by atoms with E-state index in [9.17, 15) is 14.4 Å². The predicted molar refractivity (Wildman–Crippen MR) is 77.1 cm³/mol.